The highest BCUT2D eigenvalue weighted by Gasteiger charge is 2.23. The van der Waals surface area contributed by atoms with E-state index in [1.54, 1.807) is 30.3 Å². The van der Waals surface area contributed by atoms with Crippen molar-refractivity contribution in [3.8, 4) is 0 Å². The van der Waals surface area contributed by atoms with Crippen LogP contribution in [0, 0.1) is 0 Å². The van der Waals surface area contributed by atoms with E-state index in [1.165, 1.54) is 0 Å². The van der Waals surface area contributed by atoms with Crippen LogP contribution in [-0.2, 0) is 36.6 Å². The molecule has 10 nitrogen and oxygen atoms in total. The van der Waals surface area contributed by atoms with Crippen molar-refractivity contribution < 1.29 is 34.4 Å². The monoisotopic (exact) mass is 448 g/mol. The molecular formula is C15H16N2O8S3. The van der Waals surface area contributed by atoms with E-state index in [-0.39, 0.29) is 6.54 Å². The highest BCUT2D eigenvalue weighted by atomic mass is 32.2. The predicted molar refractivity (Wildman–Crippen MR) is 99.4 cm³/mol. The van der Waals surface area contributed by atoms with E-state index in [2.05, 4.69) is 10.2 Å². The van der Waals surface area contributed by atoms with Crippen LogP contribution in [0.5, 0.6) is 0 Å². The summed E-state index contributed by atoms with van der Waals surface area (Å²) in [6.45, 7) is 0.0749. The molecule has 0 saturated heterocycles. The number of sulfone groups is 1. The molecule has 2 N–H and O–H groups in total. The van der Waals surface area contributed by atoms with E-state index in [4.69, 9.17) is 4.55 Å². The van der Waals surface area contributed by atoms with E-state index < -0.39 is 57.1 Å². The Kier molecular flexibility index (Phi) is 6.67. The summed E-state index contributed by atoms with van der Waals surface area (Å²) < 4.78 is 87.0. The predicted octanol–water partition coefficient (Wildman–Crippen LogP) is 1.88. The van der Waals surface area contributed by atoms with E-state index in [0.29, 0.717) is 0 Å². The lowest BCUT2D eigenvalue weighted by Crippen LogP contribution is -2.16. The first kappa shape index (κ1) is 22.1. The van der Waals surface area contributed by atoms with Crippen LogP contribution in [0.25, 0.3) is 0 Å². The summed E-state index contributed by atoms with van der Waals surface area (Å²) in [6.07, 6.45) is 0. The number of nitrogens with zero attached hydrogens (tertiary/aromatic N) is 2. The quantitative estimate of drug-likeness (QED) is 0.456. The molecule has 0 atom stereocenters. The van der Waals surface area contributed by atoms with Gasteiger partial charge in [-0.25, -0.2) is 8.42 Å². The summed E-state index contributed by atoms with van der Waals surface area (Å²) in [4.78, 5) is -1.09. The SMILES string of the molecule is O=S(=O)(O)CCS(=O)(=O)c1ccc(S(=O)(=O)O)c(N=NCc2ccccc2)c1. The molecule has 152 valence electrons. The Bertz CT molecular complexity index is 1190. The van der Waals surface area contributed by atoms with E-state index in [0.717, 1.165) is 23.8 Å². The molecule has 0 aliphatic heterocycles. The minimum atomic E-state index is -4.71. The summed E-state index contributed by atoms with van der Waals surface area (Å²) in [5.74, 6) is -1.95. The van der Waals surface area contributed by atoms with Crippen molar-refractivity contribution in [2.45, 2.75) is 16.3 Å². The zero-order valence-electron chi connectivity index (χ0n) is 14.2. The molecule has 28 heavy (non-hydrogen) atoms. The summed E-state index contributed by atoms with van der Waals surface area (Å²) in [5.41, 5.74) is 0.336. The maximum atomic E-state index is 12.2. The largest absolute Gasteiger partial charge is 0.296 e. The van der Waals surface area contributed by atoms with Crippen LogP contribution in [0.1, 0.15) is 5.56 Å². The molecule has 2 aromatic carbocycles. The Morgan fingerprint density at radius 2 is 1.46 bits per heavy atom. The molecule has 0 aromatic heterocycles. The van der Waals surface area contributed by atoms with Gasteiger partial charge in [-0.05, 0) is 23.8 Å². The van der Waals surface area contributed by atoms with Gasteiger partial charge in [0.25, 0.3) is 20.2 Å². The standard InChI is InChI=1S/C15H16N2O8S3/c18-26(19,8-9-27(20,21)22)13-6-7-15(28(23,24)25)14(10-13)17-16-11-12-4-2-1-3-5-12/h1-7,10H,8-9,11H2,(H,20,21,22)(H,23,24,25). The molecule has 0 unspecified atom stereocenters. The van der Waals surface area contributed by atoms with Crippen molar-refractivity contribution in [2.24, 2.45) is 10.2 Å². The third kappa shape index (κ3) is 6.45. The summed E-state index contributed by atoms with van der Waals surface area (Å²) >= 11 is 0. The Hall–Kier alpha value is -2.19. The lowest BCUT2D eigenvalue weighted by molar-refractivity contribution is 0.481. The average molecular weight is 449 g/mol. The fourth-order valence-electron chi connectivity index (χ4n) is 2.10. The van der Waals surface area contributed by atoms with Crippen molar-refractivity contribution in [2.75, 3.05) is 11.5 Å². The highest BCUT2D eigenvalue weighted by molar-refractivity contribution is 7.93. The van der Waals surface area contributed by atoms with Gasteiger partial charge in [-0.15, -0.1) is 0 Å². The number of hydrogen-bond acceptors (Lipinski definition) is 8. The lowest BCUT2D eigenvalue weighted by atomic mass is 10.2. The Labute approximate surface area is 162 Å². The zero-order valence-corrected chi connectivity index (χ0v) is 16.7. The van der Waals surface area contributed by atoms with Gasteiger partial charge in [0.1, 0.15) is 10.6 Å². The Balaban J connectivity index is 2.40. The van der Waals surface area contributed by atoms with Crippen LogP contribution >= 0.6 is 0 Å². The molecule has 2 aromatic rings. The topological polar surface area (TPSA) is 168 Å². The molecule has 0 heterocycles. The van der Waals surface area contributed by atoms with Gasteiger partial charge in [0.05, 0.1) is 22.9 Å². The summed E-state index contributed by atoms with van der Waals surface area (Å²) in [7, 11) is -13.4. The molecule has 0 aliphatic rings. The maximum Gasteiger partial charge on any atom is 0.296 e. The van der Waals surface area contributed by atoms with Gasteiger partial charge < -0.3 is 0 Å². The minimum absolute atomic E-state index is 0.0749. The lowest BCUT2D eigenvalue weighted by Gasteiger charge is -2.07. The smallest absolute Gasteiger partial charge is 0.286 e. The summed E-state index contributed by atoms with van der Waals surface area (Å²) in [5, 5.41) is 7.52. The van der Waals surface area contributed by atoms with Gasteiger partial charge in [-0.1, -0.05) is 30.3 Å². The van der Waals surface area contributed by atoms with Crippen molar-refractivity contribution in [1.82, 2.24) is 0 Å². The number of hydrogen-bond donors (Lipinski definition) is 2. The van der Waals surface area contributed by atoms with Crippen molar-refractivity contribution >= 4 is 35.8 Å². The molecule has 0 aliphatic carbocycles. The van der Waals surface area contributed by atoms with Crippen molar-refractivity contribution in [3.63, 3.8) is 0 Å². The number of azo groups is 1. The van der Waals surface area contributed by atoms with E-state index >= 15 is 0 Å². The van der Waals surface area contributed by atoms with Gasteiger partial charge in [-0.3, -0.25) is 9.11 Å². The van der Waals surface area contributed by atoms with Crippen LogP contribution in [-0.4, -0.2) is 45.9 Å². The molecule has 0 fully saturated rings. The molecule has 0 spiro atoms. The van der Waals surface area contributed by atoms with E-state index in [1.807, 2.05) is 0 Å². The second kappa shape index (κ2) is 8.45. The van der Waals surface area contributed by atoms with Crippen LogP contribution in [0.15, 0.2) is 68.6 Å². The van der Waals surface area contributed by atoms with E-state index in [9.17, 15) is 29.8 Å². The average Bonchev–Trinajstić information content (AvgIpc) is 2.59. The van der Waals surface area contributed by atoms with Crippen molar-refractivity contribution in [1.29, 1.82) is 0 Å². The fraction of sp³-hybridized carbons (Fsp3) is 0.200. The number of rotatable bonds is 8. The third-order valence-corrected chi connectivity index (χ3v) is 7.05. The highest BCUT2D eigenvalue weighted by Crippen LogP contribution is 2.28. The van der Waals surface area contributed by atoms with Crippen LogP contribution in [0.4, 0.5) is 5.69 Å². The minimum Gasteiger partial charge on any atom is -0.286 e. The van der Waals surface area contributed by atoms with Crippen LogP contribution in [0.3, 0.4) is 0 Å². The van der Waals surface area contributed by atoms with Crippen LogP contribution < -0.4 is 0 Å². The van der Waals surface area contributed by atoms with Gasteiger partial charge >= 0.3 is 0 Å². The molecule has 2 rings (SSSR count). The molecule has 0 amide bonds. The molecule has 0 radical (unpaired) electrons. The van der Waals surface area contributed by atoms with Gasteiger partial charge in [-0.2, -0.15) is 27.1 Å². The second-order valence-electron chi connectivity index (χ2n) is 5.59. The van der Waals surface area contributed by atoms with Gasteiger partial charge in [0.2, 0.25) is 0 Å². The van der Waals surface area contributed by atoms with Crippen LogP contribution in [0.2, 0.25) is 0 Å². The van der Waals surface area contributed by atoms with Gasteiger partial charge in [0, 0.05) is 0 Å². The zero-order chi connectivity index (χ0) is 21.0. The Morgan fingerprint density at radius 1 is 0.821 bits per heavy atom. The van der Waals surface area contributed by atoms with Crippen molar-refractivity contribution in [3.05, 3.63) is 54.1 Å². The molecule has 13 heteroatoms. The molecule has 0 saturated carbocycles. The molecule has 0 bridgehead atoms. The third-order valence-electron chi connectivity index (χ3n) is 3.45. The maximum absolute atomic E-state index is 12.2. The normalized spacial score (nSPS) is 13.1. The number of benzene rings is 2. The fourth-order valence-corrected chi connectivity index (χ4v) is 5.22. The Morgan fingerprint density at radius 3 is 2.04 bits per heavy atom. The first-order valence-corrected chi connectivity index (χ1v) is 12.3. The van der Waals surface area contributed by atoms with Gasteiger partial charge in [0.15, 0.2) is 9.84 Å². The summed E-state index contributed by atoms with van der Waals surface area (Å²) in [6, 6.07) is 11.4. The molecular weight excluding hydrogens is 432 g/mol. The first-order valence-electron chi connectivity index (χ1n) is 7.59. The second-order valence-corrected chi connectivity index (χ2v) is 10.7. The first-order chi connectivity index (χ1) is 12.9.